The number of aromatic amines is 1. The number of hydrogen-bond donors (Lipinski definition) is 4. The lowest BCUT2D eigenvalue weighted by Gasteiger charge is -2.01. The number of nitrogens with one attached hydrogen (secondary N) is 2. The first kappa shape index (κ1) is 12.4. The molecular formula is C10H12N6OS. The van der Waals surface area contributed by atoms with Gasteiger partial charge in [-0.1, -0.05) is 23.9 Å². The Morgan fingerprint density at radius 2 is 2.11 bits per heavy atom. The molecule has 1 aromatic carbocycles. The van der Waals surface area contributed by atoms with E-state index in [1.165, 1.54) is 11.8 Å². The summed E-state index contributed by atoms with van der Waals surface area (Å²) < 4.78 is 0. The van der Waals surface area contributed by atoms with Gasteiger partial charge in [0.1, 0.15) is 0 Å². The largest absolute Gasteiger partial charge is 0.368 e. The van der Waals surface area contributed by atoms with Crippen LogP contribution in [0.15, 0.2) is 29.4 Å². The van der Waals surface area contributed by atoms with E-state index in [1.54, 1.807) is 12.1 Å². The summed E-state index contributed by atoms with van der Waals surface area (Å²) in [6, 6.07) is 7.13. The monoisotopic (exact) mass is 264 g/mol. The SMILES string of the molecule is NNC(=O)c1ccc(CSc2n[nH]c(N)n2)cc1. The Morgan fingerprint density at radius 1 is 1.39 bits per heavy atom. The average Bonchev–Trinajstić information content (AvgIpc) is 2.82. The topological polar surface area (TPSA) is 123 Å². The van der Waals surface area contributed by atoms with Crippen LogP contribution in [0.3, 0.4) is 0 Å². The van der Waals surface area contributed by atoms with Crippen LogP contribution in [0, 0.1) is 0 Å². The predicted octanol–water partition coefficient (Wildman–Crippen LogP) is 0.283. The zero-order valence-corrected chi connectivity index (χ0v) is 10.2. The molecule has 0 aliphatic heterocycles. The van der Waals surface area contributed by atoms with Crippen molar-refractivity contribution in [2.75, 3.05) is 5.73 Å². The maximum Gasteiger partial charge on any atom is 0.265 e. The van der Waals surface area contributed by atoms with Crippen LogP contribution < -0.4 is 17.0 Å². The smallest absolute Gasteiger partial charge is 0.265 e. The molecular weight excluding hydrogens is 252 g/mol. The minimum atomic E-state index is -0.309. The number of H-pyrrole nitrogens is 1. The van der Waals surface area contributed by atoms with Gasteiger partial charge in [-0.25, -0.2) is 10.9 Å². The zero-order valence-electron chi connectivity index (χ0n) is 9.38. The number of benzene rings is 1. The summed E-state index contributed by atoms with van der Waals surface area (Å²) >= 11 is 1.46. The molecule has 0 saturated heterocycles. The Morgan fingerprint density at radius 3 is 2.67 bits per heavy atom. The van der Waals surface area contributed by atoms with Crippen molar-refractivity contribution < 1.29 is 4.79 Å². The third-order valence-corrected chi connectivity index (χ3v) is 3.12. The van der Waals surface area contributed by atoms with Crippen LogP contribution in [0.4, 0.5) is 5.95 Å². The molecule has 1 amide bonds. The first-order valence-corrected chi connectivity index (χ1v) is 6.08. The van der Waals surface area contributed by atoms with Gasteiger partial charge in [0, 0.05) is 11.3 Å². The van der Waals surface area contributed by atoms with Crippen LogP contribution in [0.5, 0.6) is 0 Å². The third kappa shape index (κ3) is 2.99. The summed E-state index contributed by atoms with van der Waals surface area (Å²) in [4.78, 5) is 15.2. The fourth-order valence-electron chi connectivity index (χ4n) is 1.31. The van der Waals surface area contributed by atoms with Gasteiger partial charge in [0.15, 0.2) is 0 Å². The van der Waals surface area contributed by atoms with Gasteiger partial charge in [-0.15, -0.1) is 5.10 Å². The van der Waals surface area contributed by atoms with E-state index in [4.69, 9.17) is 11.6 Å². The second-order valence-corrected chi connectivity index (χ2v) is 4.40. The first-order chi connectivity index (χ1) is 8.69. The Balaban J connectivity index is 1.96. The van der Waals surface area contributed by atoms with E-state index in [9.17, 15) is 4.79 Å². The molecule has 18 heavy (non-hydrogen) atoms. The molecule has 1 heterocycles. The van der Waals surface area contributed by atoms with E-state index in [0.717, 1.165) is 5.56 Å². The molecule has 0 atom stereocenters. The number of amides is 1. The normalized spacial score (nSPS) is 10.3. The summed E-state index contributed by atoms with van der Waals surface area (Å²) in [5.74, 6) is 5.73. The highest BCUT2D eigenvalue weighted by Gasteiger charge is 2.04. The number of hydrazine groups is 1. The van der Waals surface area contributed by atoms with Crippen molar-refractivity contribution in [1.29, 1.82) is 0 Å². The fraction of sp³-hybridized carbons (Fsp3) is 0.100. The number of thioether (sulfide) groups is 1. The maximum atomic E-state index is 11.2. The number of rotatable bonds is 4. The highest BCUT2D eigenvalue weighted by atomic mass is 32.2. The standard InChI is InChI=1S/C10H12N6OS/c11-9-13-10(16-15-9)18-5-6-1-3-7(4-2-6)8(17)14-12/h1-4H,5,12H2,(H,14,17)(H3,11,13,15,16). The number of nitrogens with zero attached hydrogens (tertiary/aromatic N) is 2. The van der Waals surface area contributed by atoms with Crippen molar-refractivity contribution in [2.24, 2.45) is 5.84 Å². The van der Waals surface area contributed by atoms with Crippen LogP contribution in [0.2, 0.25) is 0 Å². The predicted molar refractivity (Wildman–Crippen MR) is 68.5 cm³/mol. The van der Waals surface area contributed by atoms with Gasteiger partial charge in [-0.3, -0.25) is 10.2 Å². The third-order valence-electron chi connectivity index (χ3n) is 2.20. The number of aromatic nitrogens is 3. The van der Waals surface area contributed by atoms with E-state index in [1.807, 2.05) is 12.1 Å². The summed E-state index contributed by atoms with van der Waals surface area (Å²) in [5, 5.41) is 7.07. The van der Waals surface area contributed by atoms with Crippen molar-refractivity contribution in [3.63, 3.8) is 0 Å². The minimum Gasteiger partial charge on any atom is -0.368 e. The molecule has 0 unspecified atom stereocenters. The van der Waals surface area contributed by atoms with Crippen molar-refractivity contribution in [3.05, 3.63) is 35.4 Å². The Bertz CT molecular complexity index is 538. The van der Waals surface area contributed by atoms with Crippen LogP contribution in [0.1, 0.15) is 15.9 Å². The molecule has 2 rings (SSSR count). The number of nitrogen functional groups attached to an aromatic ring is 2. The van der Waals surface area contributed by atoms with Crippen LogP contribution >= 0.6 is 11.8 Å². The van der Waals surface area contributed by atoms with Crippen molar-refractivity contribution in [1.82, 2.24) is 20.6 Å². The quantitative estimate of drug-likeness (QED) is 0.272. The number of anilines is 1. The van der Waals surface area contributed by atoms with E-state index >= 15 is 0 Å². The van der Waals surface area contributed by atoms with Gasteiger partial charge >= 0.3 is 0 Å². The van der Waals surface area contributed by atoms with E-state index < -0.39 is 0 Å². The summed E-state index contributed by atoms with van der Waals surface area (Å²) in [6.07, 6.45) is 0. The lowest BCUT2D eigenvalue weighted by Crippen LogP contribution is -2.29. The average molecular weight is 264 g/mol. The van der Waals surface area contributed by atoms with Gasteiger partial charge in [0.25, 0.3) is 5.91 Å². The second kappa shape index (κ2) is 5.52. The van der Waals surface area contributed by atoms with Crippen LogP contribution in [-0.2, 0) is 5.75 Å². The molecule has 0 spiro atoms. The molecule has 8 heteroatoms. The Hall–Kier alpha value is -2.06. The van der Waals surface area contributed by atoms with E-state index in [-0.39, 0.29) is 5.91 Å². The van der Waals surface area contributed by atoms with Crippen molar-refractivity contribution in [2.45, 2.75) is 10.9 Å². The molecule has 1 aromatic heterocycles. The number of nitrogens with two attached hydrogens (primary N) is 2. The zero-order chi connectivity index (χ0) is 13.0. The molecule has 6 N–H and O–H groups in total. The number of carbonyl (C=O) groups excluding carboxylic acids is 1. The minimum absolute atomic E-state index is 0.299. The van der Waals surface area contributed by atoms with Gasteiger partial charge < -0.3 is 5.73 Å². The summed E-state index contributed by atoms with van der Waals surface area (Å²) in [6.45, 7) is 0. The number of hydrogen-bond acceptors (Lipinski definition) is 6. The summed E-state index contributed by atoms with van der Waals surface area (Å²) in [5.41, 5.74) is 9.07. The molecule has 2 aromatic rings. The molecule has 0 aliphatic carbocycles. The van der Waals surface area contributed by atoms with E-state index in [2.05, 4.69) is 20.6 Å². The second-order valence-electron chi connectivity index (χ2n) is 3.46. The van der Waals surface area contributed by atoms with Crippen LogP contribution in [-0.4, -0.2) is 21.1 Å². The summed E-state index contributed by atoms with van der Waals surface area (Å²) in [7, 11) is 0. The molecule has 0 bridgehead atoms. The molecule has 0 radical (unpaired) electrons. The lowest BCUT2D eigenvalue weighted by molar-refractivity contribution is 0.0953. The van der Waals surface area contributed by atoms with E-state index in [0.29, 0.717) is 22.4 Å². The number of carbonyl (C=O) groups is 1. The first-order valence-electron chi connectivity index (χ1n) is 5.09. The van der Waals surface area contributed by atoms with Crippen molar-refractivity contribution in [3.8, 4) is 0 Å². The van der Waals surface area contributed by atoms with Crippen LogP contribution in [0.25, 0.3) is 0 Å². The fourth-order valence-corrected chi connectivity index (χ4v) is 2.07. The van der Waals surface area contributed by atoms with Gasteiger partial charge in [-0.05, 0) is 17.7 Å². The highest BCUT2D eigenvalue weighted by Crippen LogP contribution is 2.19. The molecule has 0 fully saturated rings. The maximum absolute atomic E-state index is 11.2. The van der Waals surface area contributed by atoms with Gasteiger partial charge in [0.05, 0.1) is 0 Å². The molecule has 7 nitrogen and oxygen atoms in total. The lowest BCUT2D eigenvalue weighted by atomic mass is 10.1. The Kier molecular flexibility index (Phi) is 3.80. The molecule has 0 saturated carbocycles. The van der Waals surface area contributed by atoms with Gasteiger partial charge in [-0.2, -0.15) is 4.98 Å². The van der Waals surface area contributed by atoms with Crippen molar-refractivity contribution >= 4 is 23.6 Å². The molecule has 94 valence electrons. The Labute approximate surface area is 107 Å². The molecule has 0 aliphatic rings. The highest BCUT2D eigenvalue weighted by molar-refractivity contribution is 7.98. The van der Waals surface area contributed by atoms with Gasteiger partial charge in [0.2, 0.25) is 11.1 Å².